The van der Waals surface area contributed by atoms with Gasteiger partial charge in [0.1, 0.15) is 0 Å². The Morgan fingerprint density at radius 1 is 1.42 bits per heavy atom. The van der Waals surface area contributed by atoms with Gasteiger partial charge in [0.2, 0.25) is 0 Å². The number of ether oxygens (including phenoxy) is 1. The first kappa shape index (κ1) is 18.5. The normalized spacial score (nSPS) is 17.6. The number of aromatic nitrogens is 1. The van der Waals surface area contributed by atoms with E-state index >= 15 is 0 Å². The lowest BCUT2D eigenvalue weighted by atomic mass is 9.90. The first-order valence-electron chi connectivity index (χ1n) is 8.65. The molecule has 1 atom stereocenters. The van der Waals surface area contributed by atoms with E-state index in [1.807, 2.05) is 25.1 Å². The zero-order valence-corrected chi connectivity index (χ0v) is 14.9. The quantitative estimate of drug-likeness (QED) is 0.869. The van der Waals surface area contributed by atoms with E-state index in [0.29, 0.717) is 18.6 Å². The van der Waals surface area contributed by atoms with Crippen molar-refractivity contribution in [2.45, 2.75) is 38.2 Å². The van der Waals surface area contributed by atoms with Crippen molar-refractivity contribution in [1.29, 1.82) is 0 Å². The lowest BCUT2D eigenvalue weighted by molar-refractivity contribution is -0.00602. The van der Waals surface area contributed by atoms with E-state index in [1.165, 1.54) is 6.20 Å². The fraction of sp³-hybridized carbons (Fsp3) is 0.400. The molecule has 138 valence electrons. The smallest absolute Gasteiger partial charge is 0.253 e. The van der Waals surface area contributed by atoms with Crippen molar-refractivity contribution in [1.82, 2.24) is 10.3 Å². The van der Waals surface area contributed by atoms with Crippen LogP contribution in [0.3, 0.4) is 0 Å². The second kappa shape index (κ2) is 7.50. The molecular weight excluding hydrogens is 338 g/mol. The summed E-state index contributed by atoms with van der Waals surface area (Å²) in [5.74, 6) is -2.84. The van der Waals surface area contributed by atoms with Gasteiger partial charge in [-0.05, 0) is 25.0 Å². The zero-order chi connectivity index (χ0) is 18.7. The molecule has 1 aliphatic carbocycles. The third-order valence-electron chi connectivity index (χ3n) is 4.52. The summed E-state index contributed by atoms with van der Waals surface area (Å²) in [5.41, 5.74) is 2.94. The average molecular weight is 360 g/mol. The second-order valence-corrected chi connectivity index (χ2v) is 6.72. The zero-order valence-electron chi connectivity index (χ0n) is 14.9. The number of nitrogens with zero attached hydrogens (tertiary/aromatic N) is 1. The van der Waals surface area contributed by atoms with Crippen LogP contribution in [-0.4, -0.2) is 36.6 Å². The maximum atomic E-state index is 13.4. The number of fused-ring (bicyclic) bond motifs is 1. The fourth-order valence-electron chi connectivity index (χ4n) is 3.18. The van der Waals surface area contributed by atoms with Crippen molar-refractivity contribution in [3.63, 3.8) is 0 Å². The Labute approximate surface area is 151 Å². The number of para-hydroxylation sites is 1. The number of rotatable bonds is 5. The molecule has 2 aromatic rings. The van der Waals surface area contributed by atoms with Crippen LogP contribution in [-0.2, 0) is 4.74 Å². The highest BCUT2D eigenvalue weighted by Gasteiger charge is 2.31. The molecule has 0 saturated carbocycles. The van der Waals surface area contributed by atoms with Crippen LogP contribution in [0.4, 0.5) is 8.78 Å². The minimum Gasteiger partial charge on any atom is -0.383 e. The van der Waals surface area contributed by atoms with Gasteiger partial charge in [0, 0.05) is 43.1 Å². The van der Waals surface area contributed by atoms with Crippen LogP contribution >= 0.6 is 0 Å². The molecule has 1 aromatic carbocycles. The number of allylic oxidation sites excluding steroid dienone is 2. The summed E-state index contributed by atoms with van der Waals surface area (Å²) < 4.78 is 31.8. The summed E-state index contributed by atoms with van der Waals surface area (Å²) in [6.45, 7) is 2.29. The maximum absolute atomic E-state index is 13.4. The van der Waals surface area contributed by atoms with Gasteiger partial charge in [-0.2, -0.15) is 0 Å². The van der Waals surface area contributed by atoms with Gasteiger partial charge in [-0.15, -0.1) is 0 Å². The van der Waals surface area contributed by atoms with Gasteiger partial charge in [0.15, 0.2) is 0 Å². The minimum absolute atomic E-state index is 0.108. The summed E-state index contributed by atoms with van der Waals surface area (Å²) in [4.78, 5) is 16.8. The Hall–Kier alpha value is -2.34. The second-order valence-electron chi connectivity index (χ2n) is 6.72. The van der Waals surface area contributed by atoms with Gasteiger partial charge in [-0.1, -0.05) is 24.3 Å². The molecule has 0 saturated heterocycles. The molecule has 0 bridgehead atoms. The number of amides is 1. The van der Waals surface area contributed by atoms with E-state index in [9.17, 15) is 13.6 Å². The van der Waals surface area contributed by atoms with E-state index in [1.54, 1.807) is 19.3 Å². The molecule has 26 heavy (non-hydrogen) atoms. The molecule has 1 N–H and O–H groups in total. The molecule has 1 aliphatic rings. The van der Waals surface area contributed by atoms with E-state index in [-0.39, 0.29) is 24.8 Å². The van der Waals surface area contributed by atoms with Crippen LogP contribution in [0.25, 0.3) is 16.5 Å². The van der Waals surface area contributed by atoms with Crippen molar-refractivity contribution in [3.05, 3.63) is 47.7 Å². The van der Waals surface area contributed by atoms with Crippen LogP contribution in [0.2, 0.25) is 0 Å². The third-order valence-corrected chi connectivity index (χ3v) is 4.52. The van der Waals surface area contributed by atoms with Gasteiger partial charge in [-0.3, -0.25) is 9.78 Å². The number of alkyl halides is 2. The van der Waals surface area contributed by atoms with Gasteiger partial charge >= 0.3 is 0 Å². The highest BCUT2D eigenvalue weighted by molar-refractivity contribution is 5.99. The van der Waals surface area contributed by atoms with E-state index < -0.39 is 5.92 Å². The minimum atomic E-state index is -2.62. The molecular formula is C20H22F2N2O2. The highest BCUT2D eigenvalue weighted by Crippen LogP contribution is 2.37. The number of halogens is 2. The lowest BCUT2D eigenvalue weighted by Gasteiger charge is -2.22. The number of pyridine rings is 1. The van der Waals surface area contributed by atoms with Crippen molar-refractivity contribution in [3.8, 4) is 0 Å². The molecule has 6 heteroatoms. The molecule has 0 spiro atoms. The predicted octanol–water partition coefficient (Wildman–Crippen LogP) is 4.20. The Morgan fingerprint density at radius 3 is 2.92 bits per heavy atom. The Kier molecular flexibility index (Phi) is 5.32. The van der Waals surface area contributed by atoms with Gasteiger partial charge in [0.05, 0.1) is 17.7 Å². The van der Waals surface area contributed by atoms with Gasteiger partial charge in [-0.25, -0.2) is 8.78 Å². The maximum Gasteiger partial charge on any atom is 0.253 e. The molecule has 1 heterocycles. The van der Waals surface area contributed by atoms with Gasteiger partial charge in [0.25, 0.3) is 11.8 Å². The van der Waals surface area contributed by atoms with Crippen LogP contribution in [0.15, 0.2) is 36.5 Å². The summed E-state index contributed by atoms with van der Waals surface area (Å²) in [7, 11) is 1.58. The van der Waals surface area contributed by atoms with E-state index in [0.717, 1.165) is 22.0 Å². The average Bonchev–Trinajstić information content (AvgIpc) is 2.61. The summed E-state index contributed by atoms with van der Waals surface area (Å²) in [6, 6.07) is 7.30. The molecule has 0 aliphatic heterocycles. The van der Waals surface area contributed by atoms with Crippen LogP contribution < -0.4 is 5.32 Å². The van der Waals surface area contributed by atoms with Gasteiger partial charge < -0.3 is 10.1 Å². The molecule has 1 aromatic heterocycles. The lowest BCUT2D eigenvalue weighted by Crippen LogP contribution is -2.35. The number of benzene rings is 1. The van der Waals surface area contributed by atoms with E-state index in [2.05, 4.69) is 10.3 Å². The Bertz CT molecular complexity index is 849. The number of carbonyl (C=O) groups is 1. The number of hydrogen-bond donors (Lipinski definition) is 1. The van der Waals surface area contributed by atoms with Crippen LogP contribution in [0.5, 0.6) is 0 Å². The summed E-state index contributed by atoms with van der Waals surface area (Å²) in [5, 5.41) is 3.66. The SMILES string of the molecule is COC[C@H](C)NC(=O)c1cnc2c(C3=CCC(F)(F)CC3)cccc2c1. The summed E-state index contributed by atoms with van der Waals surface area (Å²) in [6.07, 6.45) is 3.07. The number of hydrogen-bond acceptors (Lipinski definition) is 3. The Morgan fingerprint density at radius 2 is 2.23 bits per heavy atom. The van der Waals surface area contributed by atoms with Crippen LogP contribution in [0.1, 0.15) is 42.1 Å². The first-order chi connectivity index (χ1) is 12.4. The molecule has 3 rings (SSSR count). The molecule has 0 fully saturated rings. The van der Waals surface area contributed by atoms with E-state index in [4.69, 9.17) is 4.74 Å². The Balaban J connectivity index is 1.88. The number of carbonyl (C=O) groups excluding carboxylic acids is 1. The molecule has 0 unspecified atom stereocenters. The van der Waals surface area contributed by atoms with Crippen LogP contribution in [0, 0.1) is 0 Å². The topological polar surface area (TPSA) is 51.2 Å². The first-order valence-corrected chi connectivity index (χ1v) is 8.65. The number of nitrogens with one attached hydrogen (secondary N) is 1. The monoisotopic (exact) mass is 360 g/mol. The highest BCUT2D eigenvalue weighted by atomic mass is 19.3. The third kappa shape index (κ3) is 4.07. The molecule has 1 amide bonds. The molecule has 0 radical (unpaired) electrons. The summed E-state index contributed by atoms with van der Waals surface area (Å²) >= 11 is 0. The largest absolute Gasteiger partial charge is 0.383 e. The standard InChI is InChI=1S/C20H22F2N2O2/c1-13(12-26-2)24-19(25)16-10-15-4-3-5-17(18(15)23-11-16)14-6-8-20(21,22)9-7-14/h3-6,10-11,13H,7-9,12H2,1-2H3,(H,24,25)/t13-/m0/s1. The fourth-order valence-corrected chi connectivity index (χ4v) is 3.18. The van der Waals surface area contributed by atoms with Crippen molar-refractivity contribution in [2.24, 2.45) is 0 Å². The molecule has 4 nitrogen and oxygen atoms in total. The number of methoxy groups -OCH3 is 1. The predicted molar refractivity (Wildman–Crippen MR) is 97.3 cm³/mol. The van der Waals surface area contributed by atoms with Crippen molar-refractivity contribution >= 4 is 22.4 Å². The van der Waals surface area contributed by atoms with Crippen molar-refractivity contribution < 1.29 is 18.3 Å². The van der Waals surface area contributed by atoms with Crippen molar-refractivity contribution in [2.75, 3.05) is 13.7 Å².